The normalized spacial score (nSPS) is 18.2. The van der Waals surface area contributed by atoms with E-state index in [9.17, 15) is 4.79 Å². The molecule has 0 spiro atoms. The van der Waals surface area contributed by atoms with Gasteiger partial charge in [-0.2, -0.15) is 0 Å². The number of hydrogen-bond donors (Lipinski definition) is 1. The van der Waals surface area contributed by atoms with E-state index in [0.29, 0.717) is 6.61 Å². The Balaban J connectivity index is 1.71. The third kappa shape index (κ3) is 4.34. The van der Waals surface area contributed by atoms with E-state index in [2.05, 4.69) is 12.1 Å². The second-order valence-corrected chi connectivity index (χ2v) is 5.80. The molecule has 0 bridgehead atoms. The molecule has 0 aromatic heterocycles. The van der Waals surface area contributed by atoms with Crippen LogP contribution in [0, 0.1) is 0 Å². The largest absolute Gasteiger partial charge is 0.464 e. The second kappa shape index (κ2) is 7.44. The molecule has 20 heavy (non-hydrogen) atoms. The minimum Gasteiger partial charge on any atom is -0.464 e. The molecule has 0 unspecified atom stereocenters. The van der Waals surface area contributed by atoms with E-state index < -0.39 is 5.54 Å². The summed E-state index contributed by atoms with van der Waals surface area (Å²) >= 11 is 0. The standard InChI is InChI=1S/C17H25NO2/c18-17(12-6-1-2-7-13-17)16(19)20-14-8-11-15-9-4-3-5-10-15/h3-5,9-10H,1-2,6-8,11-14,18H2. The van der Waals surface area contributed by atoms with Crippen LogP contribution in [0.5, 0.6) is 0 Å². The molecule has 110 valence electrons. The fraction of sp³-hybridized carbons (Fsp3) is 0.588. The summed E-state index contributed by atoms with van der Waals surface area (Å²) in [6, 6.07) is 10.3. The topological polar surface area (TPSA) is 52.3 Å². The second-order valence-electron chi connectivity index (χ2n) is 5.80. The van der Waals surface area contributed by atoms with Gasteiger partial charge in [0.05, 0.1) is 6.61 Å². The van der Waals surface area contributed by atoms with Crippen molar-refractivity contribution in [2.45, 2.75) is 56.9 Å². The van der Waals surface area contributed by atoms with Crippen molar-refractivity contribution in [1.82, 2.24) is 0 Å². The molecule has 0 atom stereocenters. The van der Waals surface area contributed by atoms with Gasteiger partial charge in [-0.1, -0.05) is 56.0 Å². The van der Waals surface area contributed by atoms with Gasteiger partial charge in [0.15, 0.2) is 0 Å². The van der Waals surface area contributed by atoms with Crippen molar-refractivity contribution in [3.8, 4) is 0 Å². The third-order valence-electron chi connectivity index (χ3n) is 4.09. The lowest BCUT2D eigenvalue weighted by molar-refractivity contribution is -0.150. The molecule has 3 nitrogen and oxygen atoms in total. The fourth-order valence-electron chi connectivity index (χ4n) is 2.79. The maximum Gasteiger partial charge on any atom is 0.326 e. The summed E-state index contributed by atoms with van der Waals surface area (Å²) < 4.78 is 5.40. The van der Waals surface area contributed by atoms with Gasteiger partial charge in [0.25, 0.3) is 0 Å². The Labute approximate surface area is 121 Å². The lowest BCUT2D eigenvalue weighted by Crippen LogP contribution is -2.48. The number of ether oxygens (including phenoxy) is 1. The lowest BCUT2D eigenvalue weighted by Gasteiger charge is -2.25. The minimum atomic E-state index is -0.733. The van der Waals surface area contributed by atoms with Crippen LogP contribution in [0.1, 0.15) is 50.5 Å². The molecular formula is C17H25NO2. The Bertz CT molecular complexity index is 408. The summed E-state index contributed by atoms with van der Waals surface area (Å²) in [6.07, 6.45) is 7.76. The number of esters is 1. The average molecular weight is 275 g/mol. The van der Waals surface area contributed by atoms with Crippen LogP contribution in [0.4, 0.5) is 0 Å². The van der Waals surface area contributed by atoms with Crippen molar-refractivity contribution < 1.29 is 9.53 Å². The summed E-state index contributed by atoms with van der Waals surface area (Å²) in [5.74, 6) is -0.201. The van der Waals surface area contributed by atoms with Crippen LogP contribution in [0.15, 0.2) is 30.3 Å². The zero-order valence-electron chi connectivity index (χ0n) is 12.1. The van der Waals surface area contributed by atoms with E-state index in [0.717, 1.165) is 38.5 Å². The summed E-state index contributed by atoms with van der Waals surface area (Å²) in [5.41, 5.74) is 6.77. The molecule has 0 radical (unpaired) electrons. The van der Waals surface area contributed by atoms with E-state index in [1.54, 1.807) is 0 Å². The quantitative estimate of drug-likeness (QED) is 0.510. The lowest BCUT2D eigenvalue weighted by atomic mass is 9.92. The predicted molar refractivity (Wildman–Crippen MR) is 80.3 cm³/mol. The van der Waals surface area contributed by atoms with Gasteiger partial charge in [0.2, 0.25) is 0 Å². The van der Waals surface area contributed by atoms with E-state index in [1.807, 2.05) is 18.2 Å². The van der Waals surface area contributed by atoms with Crippen LogP contribution in [0.3, 0.4) is 0 Å². The fourth-order valence-corrected chi connectivity index (χ4v) is 2.79. The Morgan fingerprint density at radius 2 is 1.75 bits per heavy atom. The van der Waals surface area contributed by atoms with Crippen molar-refractivity contribution in [3.05, 3.63) is 35.9 Å². The maximum atomic E-state index is 12.1. The third-order valence-corrected chi connectivity index (χ3v) is 4.09. The minimum absolute atomic E-state index is 0.201. The first-order valence-corrected chi connectivity index (χ1v) is 7.71. The maximum absolute atomic E-state index is 12.1. The number of nitrogens with two attached hydrogens (primary N) is 1. The molecule has 1 aliphatic carbocycles. The van der Waals surface area contributed by atoms with Crippen LogP contribution in [0.2, 0.25) is 0 Å². The van der Waals surface area contributed by atoms with Gasteiger partial charge in [-0.15, -0.1) is 0 Å². The van der Waals surface area contributed by atoms with Crippen LogP contribution in [-0.2, 0) is 16.0 Å². The molecule has 2 N–H and O–H groups in total. The molecule has 1 aromatic carbocycles. The molecule has 1 aliphatic rings. The number of rotatable bonds is 5. The van der Waals surface area contributed by atoms with E-state index in [-0.39, 0.29) is 5.97 Å². The summed E-state index contributed by atoms with van der Waals surface area (Å²) in [4.78, 5) is 12.1. The van der Waals surface area contributed by atoms with E-state index in [1.165, 1.54) is 18.4 Å². The van der Waals surface area contributed by atoms with Gasteiger partial charge in [-0.3, -0.25) is 4.79 Å². The number of aryl methyl sites for hydroxylation is 1. The Morgan fingerprint density at radius 3 is 2.40 bits per heavy atom. The Hall–Kier alpha value is -1.35. The number of carbonyl (C=O) groups is 1. The molecule has 0 heterocycles. The number of benzene rings is 1. The highest BCUT2D eigenvalue weighted by Gasteiger charge is 2.35. The highest BCUT2D eigenvalue weighted by atomic mass is 16.5. The molecule has 0 saturated heterocycles. The van der Waals surface area contributed by atoms with Crippen LogP contribution >= 0.6 is 0 Å². The van der Waals surface area contributed by atoms with Gasteiger partial charge < -0.3 is 10.5 Å². The molecule has 1 fully saturated rings. The first kappa shape index (κ1) is 15.0. The first-order valence-electron chi connectivity index (χ1n) is 7.71. The zero-order valence-corrected chi connectivity index (χ0v) is 12.1. The number of carbonyl (C=O) groups excluding carboxylic acids is 1. The SMILES string of the molecule is NC1(C(=O)OCCCc2ccccc2)CCCCCC1. The highest BCUT2D eigenvalue weighted by Crippen LogP contribution is 2.26. The van der Waals surface area contributed by atoms with Gasteiger partial charge in [0, 0.05) is 0 Å². The summed E-state index contributed by atoms with van der Waals surface area (Å²) in [5, 5.41) is 0. The molecular weight excluding hydrogens is 250 g/mol. The molecule has 3 heteroatoms. The van der Waals surface area contributed by atoms with Gasteiger partial charge in [-0.25, -0.2) is 0 Å². The van der Waals surface area contributed by atoms with Gasteiger partial charge in [-0.05, 0) is 31.2 Å². The summed E-state index contributed by atoms with van der Waals surface area (Å²) in [6.45, 7) is 0.465. The van der Waals surface area contributed by atoms with E-state index in [4.69, 9.17) is 10.5 Å². The van der Waals surface area contributed by atoms with Crippen molar-refractivity contribution >= 4 is 5.97 Å². The van der Waals surface area contributed by atoms with Crippen molar-refractivity contribution in [2.75, 3.05) is 6.61 Å². The Morgan fingerprint density at radius 1 is 1.10 bits per heavy atom. The molecule has 1 saturated carbocycles. The molecule has 1 aromatic rings. The van der Waals surface area contributed by atoms with Gasteiger partial charge >= 0.3 is 5.97 Å². The monoisotopic (exact) mass is 275 g/mol. The Kier molecular flexibility index (Phi) is 5.60. The first-order chi connectivity index (χ1) is 9.71. The predicted octanol–water partition coefficient (Wildman–Crippen LogP) is 3.21. The average Bonchev–Trinajstić information content (AvgIpc) is 2.70. The van der Waals surface area contributed by atoms with E-state index >= 15 is 0 Å². The van der Waals surface area contributed by atoms with Crippen LogP contribution < -0.4 is 5.73 Å². The van der Waals surface area contributed by atoms with Crippen molar-refractivity contribution in [2.24, 2.45) is 5.73 Å². The molecule has 0 amide bonds. The zero-order chi connectivity index (χ0) is 14.3. The molecule has 2 rings (SSSR count). The van der Waals surface area contributed by atoms with Crippen molar-refractivity contribution in [3.63, 3.8) is 0 Å². The smallest absolute Gasteiger partial charge is 0.326 e. The van der Waals surface area contributed by atoms with Crippen LogP contribution in [-0.4, -0.2) is 18.1 Å². The van der Waals surface area contributed by atoms with Crippen molar-refractivity contribution in [1.29, 1.82) is 0 Å². The highest BCUT2D eigenvalue weighted by molar-refractivity contribution is 5.80. The number of hydrogen-bond acceptors (Lipinski definition) is 3. The van der Waals surface area contributed by atoms with Gasteiger partial charge in [0.1, 0.15) is 5.54 Å². The molecule has 0 aliphatic heterocycles. The van der Waals surface area contributed by atoms with Crippen LogP contribution in [0.25, 0.3) is 0 Å². The summed E-state index contributed by atoms with van der Waals surface area (Å²) in [7, 11) is 0.